The molecule has 3 heteroatoms. The van der Waals surface area contributed by atoms with E-state index in [-0.39, 0.29) is 5.60 Å². The van der Waals surface area contributed by atoms with Gasteiger partial charge >= 0.3 is 0 Å². The van der Waals surface area contributed by atoms with Gasteiger partial charge in [-0.1, -0.05) is 6.92 Å². The van der Waals surface area contributed by atoms with E-state index in [9.17, 15) is 0 Å². The fourth-order valence-corrected chi connectivity index (χ4v) is 2.39. The molecule has 0 radical (unpaired) electrons. The molecule has 0 saturated heterocycles. The highest BCUT2D eigenvalue weighted by Crippen LogP contribution is 2.27. The molecule has 1 heterocycles. The van der Waals surface area contributed by atoms with Gasteiger partial charge in [-0.3, -0.25) is 0 Å². The van der Waals surface area contributed by atoms with Gasteiger partial charge in [0.05, 0.1) is 5.60 Å². The van der Waals surface area contributed by atoms with E-state index >= 15 is 0 Å². The van der Waals surface area contributed by atoms with Crippen LogP contribution in [0.1, 0.15) is 45.2 Å². The molecule has 0 aliphatic heterocycles. The fourth-order valence-electron chi connectivity index (χ4n) is 1.67. The largest absolute Gasteiger partial charge is 0.379 e. The van der Waals surface area contributed by atoms with E-state index < -0.39 is 0 Å². The summed E-state index contributed by atoms with van der Waals surface area (Å²) in [5.74, 6) is 0. The van der Waals surface area contributed by atoms with E-state index in [1.54, 1.807) is 18.4 Å². The van der Waals surface area contributed by atoms with Gasteiger partial charge in [0.2, 0.25) is 0 Å². The molecule has 1 rings (SSSR count). The number of methoxy groups -OCH3 is 1. The second kappa shape index (κ2) is 6.38. The second-order valence-corrected chi connectivity index (χ2v) is 5.51. The van der Waals surface area contributed by atoms with Gasteiger partial charge in [-0.25, -0.2) is 0 Å². The lowest BCUT2D eigenvalue weighted by Gasteiger charge is -2.29. The Balaban J connectivity index is 2.65. The molecule has 1 unspecified atom stereocenters. The van der Waals surface area contributed by atoms with Crippen LogP contribution in [-0.2, 0) is 4.74 Å². The minimum Gasteiger partial charge on any atom is -0.379 e. The summed E-state index contributed by atoms with van der Waals surface area (Å²) >= 11 is 1.75. The average molecular weight is 241 g/mol. The van der Waals surface area contributed by atoms with Crippen LogP contribution in [0, 0.1) is 0 Å². The molecule has 0 aliphatic rings. The van der Waals surface area contributed by atoms with Crippen molar-refractivity contribution in [2.75, 3.05) is 13.7 Å². The minimum atomic E-state index is -0.0760. The Hall–Kier alpha value is -0.380. The van der Waals surface area contributed by atoms with Crippen LogP contribution in [-0.4, -0.2) is 19.3 Å². The maximum Gasteiger partial charge on any atom is 0.0640 e. The van der Waals surface area contributed by atoms with E-state index in [1.165, 1.54) is 5.56 Å². The van der Waals surface area contributed by atoms with Crippen molar-refractivity contribution in [2.45, 2.75) is 45.3 Å². The Morgan fingerprint density at radius 1 is 1.50 bits per heavy atom. The van der Waals surface area contributed by atoms with Gasteiger partial charge in [-0.2, -0.15) is 11.3 Å². The summed E-state index contributed by atoms with van der Waals surface area (Å²) in [5, 5.41) is 7.94. The predicted molar refractivity (Wildman–Crippen MR) is 71.1 cm³/mol. The summed E-state index contributed by atoms with van der Waals surface area (Å²) in [6, 6.07) is 2.60. The van der Waals surface area contributed by atoms with Crippen LogP contribution in [0.2, 0.25) is 0 Å². The zero-order valence-electron chi connectivity index (χ0n) is 10.7. The molecule has 0 fully saturated rings. The highest BCUT2D eigenvalue weighted by molar-refractivity contribution is 7.07. The van der Waals surface area contributed by atoms with Gasteiger partial charge in [0.25, 0.3) is 0 Å². The van der Waals surface area contributed by atoms with E-state index in [2.05, 4.69) is 42.9 Å². The first-order valence-electron chi connectivity index (χ1n) is 5.89. The van der Waals surface area contributed by atoms with E-state index in [0.29, 0.717) is 6.04 Å². The minimum absolute atomic E-state index is 0.0760. The van der Waals surface area contributed by atoms with Crippen molar-refractivity contribution in [1.82, 2.24) is 5.32 Å². The summed E-state index contributed by atoms with van der Waals surface area (Å²) in [5.41, 5.74) is 1.30. The van der Waals surface area contributed by atoms with Crippen LogP contribution in [0.15, 0.2) is 16.8 Å². The molecule has 1 atom stereocenters. The predicted octanol–water partition coefficient (Wildman–Crippen LogP) is 3.60. The molecule has 0 aliphatic carbocycles. The lowest BCUT2D eigenvalue weighted by molar-refractivity contribution is 0.00688. The first-order valence-corrected chi connectivity index (χ1v) is 6.84. The molecular formula is C13H23NOS. The highest BCUT2D eigenvalue weighted by Gasteiger charge is 2.23. The standard InChI is InChI=1S/C13H23NOS/c1-5-7-14-12(9-13(2,3)15-4)11-6-8-16-10-11/h6,8,10,12,14H,5,7,9H2,1-4H3. The second-order valence-electron chi connectivity index (χ2n) is 4.73. The monoisotopic (exact) mass is 241 g/mol. The lowest BCUT2D eigenvalue weighted by Crippen LogP contribution is -2.32. The van der Waals surface area contributed by atoms with E-state index in [1.807, 2.05) is 0 Å². The van der Waals surface area contributed by atoms with Crippen molar-refractivity contribution < 1.29 is 4.74 Å². The molecule has 92 valence electrons. The van der Waals surface area contributed by atoms with Gasteiger partial charge in [-0.15, -0.1) is 0 Å². The van der Waals surface area contributed by atoms with Gasteiger partial charge in [-0.05, 0) is 55.6 Å². The molecule has 0 saturated carbocycles. The Morgan fingerprint density at radius 2 is 2.25 bits per heavy atom. The number of hydrogen-bond donors (Lipinski definition) is 1. The first kappa shape index (κ1) is 13.7. The molecule has 0 amide bonds. The summed E-state index contributed by atoms with van der Waals surface area (Å²) in [7, 11) is 1.78. The van der Waals surface area contributed by atoms with Crippen LogP contribution < -0.4 is 5.32 Å². The van der Waals surface area contributed by atoms with Crippen LogP contribution in [0.3, 0.4) is 0 Å². The van der Waals surface area contributed by atoms with Crippen molar-refractivity contribution in [3.63, 3.8) is 0 Å². The summed E-state index contributed by atoms with van der Waals surface area (Å²) < 4.78 is 5.51. The molecular weight excluding hydrogens is 218 g/mol. The molecule has 0 aromatic carbocycles. The first-order chi connectivity index (χ1) is 7.59. The summed E-state index contributed by atoms with van der Waals surface area (Å²) in [4.78, 5) is 0. The van der Waals surface area contributed by atoms with E-state index in [0.717, 1.165) is 19.4 Å². The molecule has 1 N–H and O–H groups in total. The lowest BCUT2D eigenvalue weighted by atomic mass is 9.95. The number of thiophene rings is 1. The van der Waals surface area contributed by atoms with Crippen molar-refractivity contribution >= 4 is 11.3 Å². The van der Waals surface area contributed by atoms with Gasteiger partial charge < -0.3 is 10.1 Å². The molecule has 2 nitrogen and oxygen atoms in total. The normalized spacial score (nSPS) is 14.0. The fraction of sp³-hybridized carbons (Fsp3) is 0.692. The summed E-state index contributed by atoms with van der Waals surface area (Å²) in [6.45, 7) is 7.53. The van der Waals surface area contributed by atoms with Crippen molar-refractivity contribution in [2.24, 2.45) is 0 Å². The maximum absolute atomic E-state index is 5.51. The number of ether oxygens (including phenoxy) is 1. The Bertz CT molecular complexity index is 282. The smallest absolute Gasteiger partial charge is 0.0640 e. The van der Waals surface area contributed by atoms with Crippen LogP contribution in [0.4, 0.5) is 0 Å². The Morgan fingerprint density at radius 3 is 2.75 bits per heavy atom. The number of rotatable bonds is 7. The van der Waals surface area contributed by atoms with Gasteiger partial charge in [0, 0.05) is 13.2 Å². The quantitative estimate of drug-likeness (QED) is 0.787. The molecule has 16 heavy (non-hydrogen) atoms. The third-order valence-electron chi connectivity index (χ3n) is 2.83. The van der Waals surface area contributed by atoms with Crippen LogP contribution in [0.5, 0.6) is 0 Å². The molecule has 0 bridgehead atoms. The average Bonchev–Trinajstić information content (AvgIpc) is 2.77. The Kier molecular flexibility index (Phi) is 5.46. The van der Waals surface area contributed by atoms with Crippen molar-refractivity contribution in [3.05, 3.63) is 22.4 Å². The zero-order valence-corrected chi connectivity index (χ0v) is 11.6. The van der Waals surface area contributed by atoms with Crippen LogP contribution >= 0.6 is 11.3 Å². The van der Waals surface area contributed by atoms with E-state index in [4.69, 9.17) is 4.74 Å². The number of nitrogens with one attached hydrogen (secondary N) is 1. The topological polar surface area (TPSA) is 21.3 Å². The molecule has 1 aromatic rings. The SMILES string of the molecule is CCCNC(CC(C)(C)OC)c1ccsc1. The van der Waals surface area contributed by atoms with Gasteiger partial charge in [0.15, 0.2) is 0 Å². The molecule has 0 spiro atoms. The van der Waals surface area contributed by atoms with Gasteiger partial charge in [0.1, 0.15) is 0 Å². The maximum atomic E-state index is 5.51. The molecule has 1 aromatic heterocycles. The van der Waals surface area contributed by atoms with Crippen LogP contribution in [0.25, 0.3) is 0 Å². The summed E-state index contributed by atoms with van der Waals surface area (Å²) in [6.07, 6.45) is 2.16. The Labute approximate surface area is 103 Å². The third kappa shape index (κ3) is 4.24. The highest BCUT2D eigenvalue weighted by atomic mass is 32.1. The van der Waals surface area contributed by atoms with Crippen molar-refractivity contribution in [1.29, 1.82) is 0 Å². The zero-order chi connectivity index (χ0) is 12.0. The van der Waals surface area contributed by atoms with Crippen molar-refractivity contribution in [3.8, 4) is 0 Å². The number of hydrogen-bond acceptors (Lipinski definition) is 3. The third-order valence-corrected chi connectivity index (χ3v) is 3.54.